The van der Waals surface area contributed by atoms with Crippen LogP contribution in [0, 0.1) is 0 Å². The zero-order valence-corrected chi connectivity index (χ0v) is 10.3. The maximum Gasteiger partial charge on any atom is 0.341 e. The van der Waals surface area contributed by atoms with Gasteiger partial charge in [-0.05, 0) is 12.5 Å². The SMILES string of the molecule is ClCCCCCC[Si](Cl)(Cl)Cl. The number of rotatable bonds is 6. The Balaban J connectivity index is 3.02. The van der Waals surface area contributed by atoms with E-state index in [0.29, 0.717) is 0 Å². The van der Waals surface area contributed by atoms with E-state index in [1.807, 2.05) is 0 Å². The molecule has 0 spiro atoms. The summed E-state index contributed by atoms with van der Waals surface area (Å²) in [6, 6.07) is -1.56. The third-order valence-corrected chi connectivity index (χ3v) is 4.23. The van der Waals surface area contributed by atoms with Crippen molar-refractivity contribution in [1.29, 1.82) is 0 Å². The Morgan fingerprint density at radius 1 is 0.818 bits per heavy atom. The summed E-state index contributed by atoms with van der Waals surface area (Å²) in [5, 5.41) is 0. The second-order valence-electron chi connectivity index (χ2n) is 2.47. The molecule has 0 aromatic rings. The first-order valence-electron chi connectivity index (χ1n) is 3.69. The van der Waals surface area contributed by atoms with E-state index >= 15 is 0 Å². The molecule has 11 heavy (non-hydrogen) atoms. The molecule has 0 atom stereocenters. The first-order valence-corrected chi connectivity index (χ1v) is 9.46. The topological polar surface area (TPSA) is 0 Å². The molecule has 0 amide bonds. The highest BCUT2D eigenvalue weighted by Gasteiger charge is 2.23. The quantitative estimate of drug-likeness (QED) is 0.284. The van der Waals surface area contributed by atoms with Crippen molar-refractivity contribution in [1.82, 2.24) is 0 Å². The van der Waals surface area contributed by atoms with Crippen LogP contribution >= 0.6 is 44.8 Å². The largest absolute Gasteiger partial charge is 0.341 e. The summed E-state index contributed by atoms with van der Waals surface area (Å²) in [4.78, 5) is 0. The summed E-state index contributed by atoms with van der Waals surface area (Å²) in [7, 11) is 0. The van der Waals surface area contributed by atoms with Crippen LogP contribution in [0.4, 0.5) is 0 Å². The van der Waals surface area contributed by atoms with Gasteiger partial charge in [-0.2, -0.15) is 0 Å². The van der Waals surface area contributed by atoms with E-state index in [4.69, 9.17) is 44.8 Å². The van der Waals surface area contributed by atoms with Crippen molar-refractivity contribution in [2.24, 2.45) is 0 Å². The van der Waals surface area contributed by atoms with Crippen LogP contribution < -0.4 is 0 Å². The minimum absolute atomic E-state index is 0.741. The van der Waals surface area contributed by atoms with Crippen LogP contribution in [0.5, 0.6) is 0 Å². The van der Waals surface area contributed by atoms with Gasteiger partial charge in [0.1, 0.15) is 0 Å². The summed E-state index contributed by atoms with van der Waals surface area (Å²) in [5.74, 6) is 0.741. The molecule has 0 aromatic heterocycles. The molecule has 0 bridgehead atoms. The van der Waals surface area contributed by atoms with Crippen molar-refractivity contribution in [3.8, 4) is 0 Å². The lowest BCUT2D eigenvalue weighted by Gasteiger charge is -2.05. The van der Waals surface area contributed by atoms with Crippen molar-refractivity contribution in [2.75, 3.05) is 5.88 Å². The molecule has 0 unspecified atom stereocenters. The van der Waals surface area contributed by atoms with Crippen LogP contribution in [0.2, 0.25) is 6.04 Å². The van der Waals surface area contributed by atoms with Crippen molar-refractivity contribution in [3.63, 3.8) is 0 Å². The number of unbranched alkanes of at least 4 members (excludes halogenated alkanes) is 3. The third-order valence-electron chi connectivity index (χ3n) is 1.34. The number of alkyl halides is 1. The van der Waals surface area contributed by atoms with Gasteiger partial charge in [-0.25, -0.2) is 0 Å². The fraction of sp³-hybridized carbons (Fsp3) is 1.00. The molecule has 0 fully saturated rings. The normalized spacial score (nSPS) is 12.0. The van der Waals surface area contributed by atoms with Gasteiger partial charge in [-0.1, -0.05) is 19.3 Å². The molecule has 0 aliphatic heterocycles. The van der Waals surface area contributed by atoms with Crippen LogP contribution in [-0.4, -0.2) is 11.9 Å². The Morgan fingerprint density at radius 2 is 1.36 bits per heavy atom. The predicted molar refractivity (Wildman–Crippen MR) is 57.3 cm³/mol. The molecule has 0 radical (unpaired) electrons. The fourth-order valence-electron chi connectivity index (χ4n) is 0.773. The Bertz CT molecular complexity index is 91.1. The third kappa shape index (κ3) is 11.4. The molecule has 68 valence electrons. The van der Waals surface area contributed by atoms with Crippen LogP contribution in [0.15, 0.2) is 0 Å². The van der Waals surface area contributed by atoms with Crippen LogP contribution in [0.3, 0.4) is 0 Å². The van der Waals surface area contributed by atoms with Crippen molar-refractivity contribution >= 4 is 50.8 Å². The minimum atomic E-state index is -2.33. The first kappa shape index (κ1) is 12.4. The molecule has 0 saturated carbocycles. The maximum absolute atomic E-state index is 5.69. The van der Waals surface area contributed by atoms with Gasteiger partial charge in [0.25, 0.3) is 0 Å². The average Bonchev–Trinajstić information content (AvgIpc) is 1.85. The Hall–Kier alpha value is 1.38. The zero-order chi connectivity index (χ0) is 8.74. The molecule has 0 nitrogen and oxygen atoms in total. The van der Waals surface area contributed by atoms with Gasteiger partial charge >= 0.3 is 6.00 Å². The minimum Gasteiger partial charge on any atom is -0.127 e. The molecule has 0 saturated heterocycles. The van der Waals surface area contributed by atoms with Gasteiger partial charge in [0.2, 0.25) is 0 Å². The smallest absolute Gasteiger partial charge is 0.127 e. The van der Waals surface area contributed by atoms with Crippen LogP contribution in [-0.2, 0) is 0 Å². The summed E-state index contributed by atoms with van der Waals surface area (Å²) >= 11 is 22.6. The molecule has 0 rings (SSSR count). The van der Waals surface area contributed by atoms with E-state index in [1.54, 1.807) is 0 Å². The molecule has 0 N–H and O–H groups in total. The second kappa shape index (κ2) is 6.85. The van der Waals surface area contributed by atoms with Gasteiger partial charge in [-0.3, -0.25) is 0 Å². The van der Waals surface area contributed by atoms with Gasteiger partial charge < -0.3 is 0 Å². The standard InChI is InChI=1S/C6H12Cl4Si/c7-5-3-1-2-4-6-11(8,9)10/h1-6H2. The van der Waals surface area contributed by atoms with Gasteiger partial charge in [0.05, 0.1) is 0 Å². The van der Waals surface area contributed by atoms with E-state index in [9.17, 15) is 0 Å². The lowest BCUT2D eigenvalue weighted by atomic mass is 10.2. The van der Waals surface area contributed by atoms with Crippen LogP contribution in [0.25, 0.3) is 0 Å². The highest BCUT2D eigenvalue weighted by molar-refractivity contribution is 7.64. The van der Waals surface area contributed by atoms with Crippen molar-refractivity contribution in [3.05, 3.63) is 0 Å². The highest BCUT2D eigenvalue weighted by Crippen LogP contribution is 2.27. The molecule has 0 aliphatic carbocycles. The maximum atomic E-state index is 5.69. The van der Waals surface area contributed by atoms with Gasteiger partial charge in [0.15, 0.2) is 0 Å². The summed E-state index contributed by atoms with van der Waals surface area (Å²) in [6.07, 6.45) is 4.38. The number of halogens is 4. The molecule has 0 aromatic carbocycles. The van der Waals surface area contributed by atoms with E-state index in [1.165, 1.54) is 0 Å². The number of hydrogen-bond acceptors (Lipinski definition) is 0. The average molecular weight is 254 g/mol. The molecular formula is C6H12Cl4Si. The van der Waals surface area contributed by atoms with Gasteiger partial charge in [0, 0.05) is 5.88 Å². The molecular weight excluding hydrogens is 242 g/mol. The fourth-order valence-corrected chi connectivity index (χ4v) is 2.82. The lowest BCUT2D eigenvalue weighted by Crippen LogP contribution is -2.07. The van der Waals surface area contributed by atoms with Gasteiger partial charge in [-0.15, -0.1) is 44.8 Å². The molecule has 0 aliphatic rings. The van der Waals surface area contributed by atoms with E-state index in [-0.39, 0.29) is 0 Å². The second-order valence-corrected chi connectivity index (χ2v) is 12.1. The summed E-state index contributed by atoms with van der Waals surface area (Å²) < 4.78 is 0. The molecule has 5 heteroatoms. The predicted octanol–water partition coefficient (Wildman–Crippen LogP) is 4.44. The van der Waals surface area contributed by atoms with E-state index in [2.05, 4.69) is 0 Å². The van der Waals surface area contributed by atoms with Crippen LogP contribution in [0.1, 0.15) is 25.7 Å². The number of hydrogen-bond donors (Lipinski definition) is 0. The zero-order valence-electron chi connectivity index (χ0n) is 6.25. The Morgan fingerprint density at radius 3 is 1.82 bits per heavy atom. The van der Waals surface area contributed by atoms with Crippen molar-refractivity contribution < 1.29 is 0 Å². The highest BCUT2D eigenvalue weighted by atomic mass is 35.8. The summed E-state index contributed by atoms with van der Waals surface area (Å²) in [5.41, 5.74) is 0. The summed E-state index contributed by atoms with van der Waals surface area (Å²) in [6.45, 7) is 0. The van der Waals surface area contributed by atoms with E-state index < -0.39 is 6.00 Å². The Labute approximate surface area is 88.3 Å². The molecule has 0 heterocycles. The Kier molecular flexibility index (Phi) is 7.70. The van der Waals surface area contributed by atoms with Crippen molar-refractivity contribution in [2.45, 2.75) is 31.7 Å². The van der Waals surface area contributed by atoms with E-state index in [0.717, 1.165) is 37.6 Å². The lowest BCUT2D eigenvalue weighted by molar-refractivity contribution is 0.703. The monoisotopic (exact) mass is 252 g/mol. The first-order chi connectivity index (χ1) is 5.06.